The Hall–Kier alpha value is -3.46. The van der Waals surface area contributed by atoms with Gasteiger partial charge in [-0.05, 0) is 36.8 Å². The lowest BCUT2D eigenvalue weighted by Crippen LogP contribution is -2.39. The van der Waals surface area contributed by atoms with Gasteiger partial charge in [-0.2, -0.15) is 5.10 Å². The largest absolute Gasteiger partial charge is 0.342 e. The highest BCUT2D eigenvalue weighted by molar-refractivity contribution is 7.10. The maximum Gasteiger partial charge on any atom is 0.268 e. The van der Waals surface area contributed by atoms with Crippen LogP contribution in [0.15, 0.2) is 59.3 Å². The van der Waals surface area contributed by atoms with Crippen LogP contribution in [0.4, 0.5) is 4.39 Å². The Morgan fingerprint density at radius 3 is 2.81 bits per heavy atom. The minimum atomic E-state index is -0.347. The second-order valence-electron chi connectivity index (χ2n) is 7.13. The van der Waals surface area contributed by atoms with Gasteiger partial charge in [-0.1, -0.05) is 12.1 Å². The third kappa shape index (κ3) is 5.00. The fourth-order valence-electron chi connectivity index (χ4n) is 3.13. The topological polar surface area (TPSA) is 87.5 Å². The second kappa shape index (κ2) is 9.13. The monoisotopic (exact) mass is 437 g/mol. The van der Waals surface area contributed by atoms with Gasteiger partial charge in [0.25, 0.3) is 5.91 Å². The van der Waals surface area contributed by atoms with Crippen LogP contribution in [-0.2, 0) is 16.1 Å². The van der Waals surface area contributed by atoms with Gasteiger partial charge in [0.15, 0.2) is 0 Å². The Bertz CT molecular complexity index is 1110. The molecular formula is C22H20FN5O2S. The van der Waals surface area contributed by atoms with E-state index in [2.05, 4.69) is 20.4 Å². The summed E-state index contributed by atoms with van der Waals surface area (Å²) < 4.78 is 13.1. The van der Waals surface area contributed by atoms with E-state index in [1.807, 2.05) is 24.4 Å². The summed E-state index contributed by atoms with van der Waals surface area (Å²) in [6.07, 6.45) is 3.92. The third-order valence-electron chi connectivity index (χ3n) is 4.81. The summed E-state index contributed by atoms with van der Waals surface area (Å²) in [7, 11) is 0. The quantitative estimate of drug-likeness (QED) is 0.637. The summed E-state index contributed by atoms with van der Waals surface area (Å²) in [6.45, 7) is 2.04. The van der Waals surface area contributed by atoms with Crippen molar-refractivity contribution in [1.82, 2.24) is 20.3 Å². The van der Waals surface area contributed by atoms with Gasteiger partial charge < -0.3 is 5.32 Å². The molecule has 3 aromatic rings. The van der Waals surface area contributed by atoms with Gasteiger partial charge in [-0.15, -0.1) is 11.3 Å². The molecule has 1 aliphatic heterocycles. The summed E-state index contributed by atoms with van der Waals surface area (Å²) in [5.41, 5.74) is 2.74. The van der Waals surface area contributed by atoms with E-state index in [1.165, 1.54) is 28.5 Å². The van der Waals surface area contributed by atoms with Gasteiger partial charge in [0.05, 0.1) is 18.3 Å². The van der Waals surface area contributed by atoms with Crippen LogP contribution in [0.3, 0.4) is 0 Å². The van der Waals surface area contributed by atoms with Crippen LogP contribution in [-0.4, -0.2) is 32.5 Å². The van der Waals surface area contributed by atoms with Crippen LogP contribution in [0.5, 0.6) is 0 Å². The molecule has 7 nitrogen and oxygen atoms in total. The lowest BCUT2D eigenvalue weighted by atomic mass is 10.1. The van der Waals surface area contributed by atoms with Crippen molar-refractivity contribution in [3.63, 3.8) is 0 Å². The van der Waals surface area contributed by atoms with E-state index in [-0.39, 0.29) is 48.8 Å². The van der Waals surface area contributed by atoms with Crippen LogP contribution < -0.4 is 5.32 Å². The molecule has 4 rings (SSSR count). The molecule has 0 spiro atoms. The van der Waals surface area contributed by atoms with Gasteiger partial charge in [0.2, 0.25) is 5.91 Å². The van der Waals surface area contributed by atoms with E-state index in [0.29, 0.717) is 0 Å². The van der Waals surface area contributed by atoms with Crippen molar-refractivity contribution in [3.05, 3.63) is 70.6 Å². The number of rotatable bonds is 6. The number of benzene rings is 1. The van der Waals surface area contributed by atoms with Crippen molar-refractivity contribution in [1.29, 1.82) is 0 Å². The maximum absolute atomic E-state index is 13.1. The normalized spacial score (nSPS) is 14.8. The molecule has 1 N–H and O–H groups in total. The number of pyridine rings is 1. The number of nitrogens with zero attached hydrogens (tertiary/aromatic N) is 4. The van der Waals surface area contributed by atoms with Crippen molar-refractivity contribution >= 4 is 28.9 Å². The number of amides is 2. The molecule has 0 saturated heterocycles. The molecule has 158 valence electrons. The Morgan fingerprint density at radius 1 is 1.26 bits per heavy atom. The average Bonchev–Trinajstić information content (AvgIpc) is 3.28. The van der Waals surface area contributed by atoms with Gasteiger partial charge in [-0.3, -0.25) is 14.6 Å². The molecule has 1 atom stereocenters. The van der Waals surface area contributed by atoms with Crippen molar-refractivity contribution in [3.8, 4) is 11.3 Å². The number of nitrogens with one attached hydrogen (secondary N) is 1. The van der Waals surface area contributed by atoms with Crippen molar-refractivity contribution in [2.45, 2.75) is 32.4 Å². The summed E-state index contributed by atoms with van der Waals surface area (Å²) >= 11 is 1.46. The molecule has 2 amide bonds. The fourth-order valence-corrected chi connectivity index (χ4v) is 3.96. The van der Waals surface area contributed by atoms with E-state index in [4.69, 9.17) is 0 Å². The Morgan fingerprint density at radius 2 is 2.06 bits per heavy atom. The molecule has 1 unspecified atom stereocenters. The zero-order chi connectivity index (χ0) is 21.8. The minimum absolute atomic E-state index is 0.171. The van der Waals surface area contributed by atoms with Crippen LogP contribution in [0.25, 0.3) is 11.3 Å². The first-order chi connectivity index (χ1) is 15.0. The van der Waals surface area contributed by atoms with Gasteiger partial charge >= 0.3 is 0 Å². The molecule has 1 aromatic carbocycles. The Balaban J connectivity index is 1.43. The fraction of sp³-hybridized carbons (Fsp3) is 0.227. The predicted octanol–water partition coefficient (Wildman–Crippen LogP) is 3.70. The lowest BCUT2D eigenvalue weighted by Gasteiger charge is -2.23. The van der Waals surface area contributed by atoms with Gasteiger partial charge in [0.1, 0.15) is 16.5 Å². The number of aromatic nitrogens is 2. The first-order valence-corrected chi connectivity index (χ1v) is 10.7. The summed E-state index contributed by atoms with van der Waals surface area (Å²) in [6, 6.07) is 9.31. The minimum Gasteiger partial charge on any atom is -0.342 e. The Kier molecular flexibility index (Phi) is 6.13. The molecular weight excluding hydrogens is 417 g/mol. The molecule has 2 aromatic heterocycles. The van der Waals surface area contributed by atoms with E-state index < -0.39 is 0 Å². The van der Waals surface area contributed by atoms with Crippen molar-refractivity contribution < 1.29 is 14.0 Å². The smallest absolute Gasteiger partial charge is 0.268 e. The number of thiazole rings is 1. The number of hydrogen-bond acceptors (Lipinski definition) is 6. The molecule has 0 saturated carbocycles. The molecule has 0 radical (unpaired) electrons. The van der Waals surface area contributed by atoms with Crippen LogP contribution >= 0.6 is 11.3 Å². The van der Waals surface area contributed by atoms with Crippen LogP contribution in [0.2, 0.25) is 0 Å². The predicted molar refractivity (Wildman–Crippen MR) is 116 cm³/mol. The third-order valence-corrected chi connectivity index (χ3v) is 5.84. The average molecular weight is 438 g/mol. The first-order valence-electron chi connectivity index (χ1n) is 9.78. The van der Waals surface area contributed by atoms with Crippen LogP contribution in [0, 0.1) is 5.82 Å². The number of carbonyl (C=O) groups is 2. The summed E-state index contributed by atoms with van der Waals surface area (Å²) in [4.78, 5) is 33.7. The number of hydrogen-bond donors (Lipinski definition) is 1. The van der Waals surface area contributed by atoms with Gasteiger partial charge in [0, 0.05) is 36.2 Å². The highest BCUT2D eigenvalue weighted by atomic mass is 32.1. The molecule has 0 fully saturated rings. The van der Waals surface area contributed by atoms with E-state index in [1.54, 1.807) is 24.5 Å². The van der Waals surface area contributed by atoms with Gasteiger partial charge in [-0.25, -0.2) is 14.4 Å². The highest BCUT2D eigenvalue weighted by Gasteiger charge is 2.26. The van der Waals surface area contributed by atoms with E-state index in [9.17, 15) is 14.0 Å². The van der Waals surface area contributed by atoms with E-state index >= 15 is 0 Å². The van der Waals surface area contributed by atoms with Crippen molar-refractivity contribution in [2.75, 3.05) is 0 Å². The number of hydrazone groups is 1. The lowest BCUT2D eigenvalue weighted by molar-refractivity contribution is -0.132. The molecule has 3 heterocycles. The second-order valence-corrected chi connectivity index (χ2v) is 8.02. The van der Waals surface area contributed by atoms with E-state index in [0.717, 1.165) is 21.8 Å². The first kappa shape index (κ1) is 20.8. The summed E-state index contributed by atoms with van der Waals surface area (Å²) in [5, 5.41) is 11.1. The zero-order valence-corrected chi connectivity index (χ0v) is 17.6. The maximum atomic E-state index is 13.1. The Labute approximate surface area is 182 Å². The zero-order valence-electron chi connectivity index (χ0n) is 16.8. The molecule has 31 heavy (non-hydrogen) atoms. The van der Waals surface area contributed by atoms with Crippen LogP contribution in [0.1, 0.15) is 36.4 Å². The van der Waals surface area contributed by atoms with Crippen molar-refractivity contribution in [2.24, 2.45) is 5.10 Å². The standard InChI is InChI=1S/C22H20FN5O2S/c1-14(22-26-19(13-31-22)16-3-2-10-24-11-16)25-21(30)18-8-9-20(29)28(27-18)12-15-4-6-17(23)7-5-15/h2-7,10-11,13-14H,8-9,12H2,1H3,(H,25,30). The molecule has 9 heteroatoms. The SMILES string of the molecule is CC(NC(=O)C1=NN(Cc2ccc(F)cc2)C(=O)CC1)c1nc(-c2cccnc2)cs1. The molecule has 0 bridgehead atoms. The number of halogens is 1. The number of carbonyl (C=O) groups excluding carboxylic acids is 2. The summed E-state index contributed by atoms with van der Waals surface area (Å²) in [5.74, 6) is -0.850. The highest BCUT2D eigenvalue weighted by Crippen LogP contribution is 2.25. The molecule has 1 aliphatic rings. The molecule has 0 aliphatic carbocycles.